The molecule has 0 atom stereocenters. The highest BCUT2D eigenvalue weighted by Crippen LogP contribution is 2.33. The third kappa shape index (κ3) is 3.11. The van der Waals surface area contributed by atoms with Crippen LogP contribution in [0.5, 0.6) is 11.5 Å². The van der Waals surface area contributed by atoms with Gasteiger partial charge in [0.05, 0.1) is 23.4 Å². The van der Waals surface area contributed by atoms with E-state index in [0.29, 0.717) is 10.9 Å². The molecule has 0 amide bonds. The van der Waals surface area contributed by atoms with Crippen molar-refractivity contribution in [1.82, 2.24) is 9.97 Å². The minimum atomic E-state index is -0.610. The van der Waals surface area contributed by atoms with E-state index in [1.165, 1.54) is 33.4 Å². The van der Waals surface area contributed by atoms with Gasteiger partial charge in [-0.2, -0.15) is 0 Å². The van der Waals surface area contributed by atoms with Gasteiger partial charge in [-0.3, -0.25) is 0 Å². The zero-order valence-corrected chi connectivity index (χ0v) is 12.4. The fourth-order valence-electron chi connectivity index (χ4n) is 1.77. The Kier molecular flexibility index (Phi) is 4.37. The lowest BCUT2D eigenvalue weighted by molar-refractivity contribution is 0.374. The number of phenols is 1. The molecule has 0 aliphatic rings. The highest BCUT2D eigenvalue weighted by atomic mass is 35.5. The maximum absolute atomic E-state index is 13.7. The molecule has 110 valence electrons. The average Bonchev–Trinajstić information content (AvgIpc) is 2.46. The van der Waals surface area contributed by atoms with Gasteiger partial charge >= 0.3 is 0 Å². The van der Waals surface area contributed by atoms with E-state index in [-0.39, 0.29) is 28.1 Å². The number of aromatic nitrogens is 2. The second-order valence-corrected chi connectivity index (χ2v) is 4.85. The lowest BCUT2D eigenvalue weighted by Crippen LogP contribution is -1.94. The first kappa shape index (κ1) is 15.2. The standard InChI is InChI=1S/C14H13ClFN3O2/c1-7(15)13(16)8(2)19-14-9-4-11(20)12(21-3)5-10(9)17-6-18-14/h4-6,20H,1-3H3/b13-7-,19-8?. The van der Waals surface area contributed by atoms with Crippen molar-refractivity contribution < 1.29 is 14.2 Å². The van der Waals surface area contributed by atoms with Crippen molar-refractivity contribution in [2.75, 3.05) is 7.11 Å². The molecule has 7 heteroatoms. The molecule has 21 heavy (non-hydrogen) atoms. The van der Waals surface area contributed by atoms with E-state index >= 15 is 0 Å². The van der Waals surface area contributed by atoms with Crippen molar-refractivity contribution in [3.63, 3.8) is 0 Å². The van der Waals surface area contributed by atoms with Crippen LogP contribution >= 0.6 is 11.6 Å². The molecule has 0 aliphatic carbocycles. The molecule has 0 saturated heterocycles. The van der Waals surface area contributed by atoms with Crippen LogP contribution in [0, 0.1) is 0 Å². The van der Waals surface area contributed by atoms with Crippen LogP contribution in [0.2, 0.25) is 0 Å². The monoisotopic (exact) mass is 309 g/mol. The molecule has 2 rings (SSSR count). The fourth-order valence-corrected chi connectivity index (χ4v) is 1.91. The second kappa shape index (κ2) is 6.05. The van der Waals surface area contributed by atoms with Gasteiger partial charge in [0.1, 0.15) is 6.33 Å². The molecule has 5 nitrogen and oxygen atoms in total. The molecule has 1 aromatic carbocycles. The number of fused-ring (bicyclic) bond motifs is 1. The van der Waals surface area contributed by atoms with Gasteiger partial charge in [-0.25, -0.2) is 19.4 Å². The first-order valence-corrected chi connectivity index (χ1v) is 6.41. The molecular weight excluding hydrogens is 297 g/mol. The Bertz CT molecular complexity index is 755. The number of allylic oxidation sites excluding steroid dienone is 2. The highest BCUT2D eigenvalue weighted by Gasteiger charge is 2.11. The van der Waals surface area contributed by atoms with Crippen molar-refractivity contribution in [3.8, 4) is 11.5 Å². The molecule has 0 fully saturated rings. The third-order valence-electron chi connectivity index (χ3n) is 2.81. The van der Waals surface area contributed by atoms with E-state index in [2.05, 4.69) is 15.0 Å². The van der Waals surface area contributed by atoms with E-state index in [9.17, 15) is 9.50 Å². The zero-order chi connectivity index (χ0) is 15.6. The molecular formula is C14H13ClFN3O2. The van der Waals surface area contributed by atoms with Crippen LogP contribution in [0.15, 0.2) is 34.3 Å². The van der Waals surface area contributed by atoms with Crippen LogP contribution in [-0.4, -0.2) is 27.9 Å². The molecule has 0 aliphatic heterocycles. The van der Waals surface area contributed by atoms with Crippen LogP contribution < -0.4 is 4.74 Å². The lowest BCUT2D eigenvalue weighted by atomic mass is 10.2. The largest absolute Gasteiger partial charge is 0.504 e. The lowest BCUT2D eigenvalue weighted by Gasteiger charge is -2.06. The summed E-state index contributed by atoms with van der Waals surface area (Å²) in [6.07, 6.45) is 1.31. The van der Waals surface area contributed by atoms with Crippen molar-refractivity contribution in [2.45, 2.75) is 13.8 Å². The van der Waals surface area contributed by atoms with Gasteiger partial charge in [0.15, 0.2) is 23.1 Å². The number of ether oxygens (including phenoxy) is 1. The summed E-state index contributed by atoms with van der Waals surface area (Å²) < 4.78 is 18.7. The number of hydrogen-bond acceptors (Lipinski definition) is 5. The van der Waals surface area contributed by atoms with Gasteiger partial charge < -0.3 is 9.84 Å². The smallest absolute Gasteiger partial charge is 0.163 e. The number of aromatic hydroxyl groups is 1. The molecule has 2 aromatic rings. The van der Waals surface area contributed by atoms with Gasteiger partial charge in [-0.05, 0) is 19.9 Å². The maximum atomic E-state index is 13.7. The normalized spacial score (nSPS) is 13.3. The summed E-state index contributed by atoms with van der Waals surface area (Å²) in [4.78, 5) is 12.2. The van der Waals surface area contributed by atoms with Crippen molar-refractivity contribution in [1.29, 1.82) is 0 Å². The van der Waals surface area contributed by atoms with Gasteiger partial charge in [0.2, 0.25) is 0 Å². The quantitative estimate of drug-likeness (QED) is 0.874. The van der Waals surface area contributed by atoms with Crippen LogP contribution in [0.1, 0.15) is 13.8 Å². The summed E-state index contributed by atoms with van der Waals surface area (Å²) >= 11 is 5.61. The van der Waals surface area contributed by atoms with Crippen molar-refractivity contribution >= 4 is 34.0 Å². The Morgan fingerprint density at radius 2 is 2.05 bits per heavy atom. The molecule has 0 radical (unpaired) electrons. The van der Waals surface area contributed by atoms with Crippen LogP contribution in [0.4, 0.5) is 10.2 Å². The van der Waals surface area contributed by atoms with Gasteiger partial charge in [-0.1, -0.05) is 11.6 Å². The number of benzene rings is 1. The first-order valence-electron chi connectivity index (χ1n) is 6.03. The molecule has 1 N–H and O–H groups in total. The van der Waals surface area contributed by atoms with Crippen molar-refractivity contribution in [3.05, 3.63) is 29.3 Å². The van der Waals surface area contributed by atoms with Crippen molar-refractivity contribution in [2.24, 2.45) is 4.99 Å². The first-order chi connectivity index (χ1) is 9.93. The van der Waals surface area contributed by atoms with Crippen LogP contribution in [0.3, 0.4) is 0 Å². The molecule has 0 bridgehead atoms. The SMILES string of the molecule is COc1cc2ncnc(N=C(C)/C(F)=C(\C)Cl)c2cc1O. The average molecular weight is 310 g/mol. The number of methoxy groups -OCH3 is 1. The number of aliphatic imine (C=N–C) groups is 1. The molecule has 0 unspecified atom stereocenters. The van der Waals surface area contributed by atoms with E-state index in [1.54, 1.807) is 6.07 Å². The number of nitrogens with zero attached hydrogens (tertiary/aromatic N) is 3. The minimum Gasteiger partial charge on any atom is -0.504 e. The van der Waals surface area contributed by atoms with E-state index in [0.717, 1.165) is 0 Å². The van der Waals surface area contributed by atoms with Gasteiger partial charge in [-0.15, -0.1) is 0 Å². The van der Waals surface area contributed by atoms with Gasteiger partial charge in [0.25, 0.3) is 0 Å². The molecule has 0 spiro atoms. The van der Waals surface area contributed by atoms with Crippen LogP contribution in [0.25, 0.3) is 10.9 Å². The Morgan fingerprint density at radius 1 is 1.33 bits per heavy atom. The number of halogens is 2. The maximum Gasteiger partial charge on any atom is 0.163 e. The van der Waals surface area contributed by atoms with E-state index in [1.807, 2.05) is 0 Å². The van der Waals surface area contributed by atoms with E-state index in [4.69, 9.17) is 16.3 Å². The molecule has 0 saturated carbocycles. The summed E-state index contributed by atoms with van der Waals surface area (Å²) in [6, 6.07) is 2.98. The minimum absolute atomic E-state index is 0.0131. The number of hydrogen-bond donors (Lipinski definition) is 1. The van der Waals surface area contributed by atoms with E-state index < -0.39 is 5.83 Å². The highest BCUT2D eigenvalue weighted by molar-refractivity contribution is 6.31. The van der Waals surface area contributed by atoms with Crippen LogP contribution in [-0.2, 0) is 0 Å². The topological polar surface area (TPSA) is 67.6 Å². The Morgan fingerprint density at radius 3 is 2.67 bits per heavy atom. The predicted octanol–water partition coefficient (Wildman–Crippen LogP) is 3.88. The molecule has 1 aromatic heterocycles. The summed E-state index contributed by atoms with van der Waals surface area (Å²) in [7, 11) is 1.44. The Labute approximate surface area is 125 Å². The summed E-state index contributed by atoms with van der Waals surface area (Å²) in [5, 5.41) is 10.3. The number of phenolic OH excluding ortho intramolecular Hbond substituents is 1. The Balaban J connectivity index is 2.63. The Hall–Kier alpha value is -2.21. The predicted molar refractivity (Wildman–Crippen MR) is 80.2 cm³/mol. The third-order valence-corrected chi connectivity index (χ3v) is 2.97. The second-order valence-electron chi connectivity index (χ2n) is 4.28. The number of rotatable bonds is 3. The zero-order valence-electron chi connectivity index (χ0n) is 11.7. The summed E-state index contributed by atoms with van der Waals surface area (Å²) in [5.41, 5.74) is 0.621. The fraction of sp³-hybridized carbons (Fsp3) is 0.214. The summed E-state index contributed by atoms with van der Waals surface area (Å²) in [6.45, 7) is 2.92. The van der Waals surface area contributed by atoms with Gasteiger partial charge in [0, 0.05) is 11.5 Å². The summed E-state index contributed by atoms with van der Waals surface area (Å²) in [5.74, 6) is -0.154. The molecule has 1 heterocycles.